The first-order valence-corrected chi connectivity index (χ1v) is 10.3. The molecule has 1 fully saturated rings. The summed E-state index contributed by atoms with van der Waals surface area (Å²) in [4.78, 5) is 27.8. The normalized spacial score (nSPS) is 23.4. The van der Waals surface area contributed by atoms with Gasteiger partial charge in [0.15, 0.2) is 11.6 Å². The Balaban J connectivity index is 1.91. The van der Waals surface area contributed by atoms with E-state index in [9.17, 15) is 9.90 Å². The topological polar surface area (TPSA) is 99.4 Å². The molecular weight excluding hydrogens is 382 g/mol. The Morgan fingerprint density at radius 2 is 2.03 bits per heavy atom. The standard InChI is InChI=1S/C22H31N5O3/c1-14(15-6-11-18(24-12-15)22(2,3)29)26-21-20(23-4)25-13-19(28)27(21)16-7-9-17(30-5)10-8-16/h6,11-12,16-17,25,29H,4,7-10,13H2,1-3,5H3/b26-14+/t16-,17-. The van der Waals surface area contributed by atoms with Crippen LogP contribution in [0.15, 0.2) is 40.0 Å². The summed E-state index contributed by atoms with van der Waals surface area (Å²) < 4.78 is 5.47. The van der Waals surface area contributed by atoms with Crippen LogP contribution in [0.5, 0.6) is 0 Å². The molecule has 162 valence electrons. The van der Waals surface area contributed by atoms with Crippen molar-refractivity contribution in [3.8, 4) is 0 Å². The molecule has 8 heteroatoms. The summed E-state index contributed by atoms with van der Waals surface area (Å²) >= 11 is 0. The van der Waals surface area contributed by atoms with Gasteiger partial charge in [0.05, 0.1) is 18.3 Å². The predicted octanol–water partition coefficient (Wildman–Crippen LogP) is 2.33. The lowest BCUT2D eigenvalue weighted by atomic mass is 9.91. The van der Waals surface area contributed by atoms with E-state index in [1.807, 2.05) is 13.0 Å². The molecule has 8 nitrogen and oxygen atoms in total. The van der Waals surface area contributed by atoms with Crippen LogP contribution in [0.3, 0.4) is 0 Å². The van der Waals surface area contributed by atoms with Crippen molar-refractivity contribution in [3.63, 3.8) is 0 Å². The fraction of sp³-hybridized carbons (Fsp3) is 0.545. The van der Waals surface area contributed by atoms with Crippen LogP contribution < -0.4 is 5.32 Å². The van der Waals surface area contributed by atoms with Crippen molar-refractivity contribution in [1.82, 2.24) is 15.2 Å². The number of rotatable bonds is 6. The monoisotopic (exact) mass is 413 g/mol. The van der Waals surface area contributed by atoms with E-state index in [4.69, 9.17) is 9.73 Å². The third-order valence-electron chi connectivity index (χ3n) is 5.70. The van der Waals surface area contributed by atoms with E-state index in [2.05, 4.69) is 22.0 Å². The third kappa shape index (κ3) is 4.76. The first-order valence-electron chi connectivity index (χ1n) is 10.3. The second-order valence-electron chi connectivity index (χ2n) is 8.30. The lowest BCUT2D eigenvalue weighted by Crippen LogP contribution is -2.49. The number of aromatic nitrogens is 1. The fourth-order valence-electron chi connectivity index (χ4n) is 3.90. The minimum absolute atomic E-state index is 0.0229. The van der Waals surface area contributed by atoms with Gasteiger partial charge in [-0.3, -0.25) is 14.7 Å². The summed E-state index contributed by atoms with van der Waals surface area (Å²) in [5.74, 6) is 0.973. The van der Waals surface area contributed by atoms with Crippen LogP contribution in [0, 0.1) is 0 Å². The summed E-state index contributed by atoms with van der Waals surface area (Å²) in [5.41, 5.74) is 1.08. The van der Waals surface area contributed by atoms with Crippen molar-refractivity contribution in [1.29, 1.82) is 0 Å². The maximum atomic E-state index is 12.8. The smallest absolute Gasteiger partial charge is 0.247 e. The summed E-state index contributed by atoms with van der Waals surface area (Å²) in [6.45, 7) is 9.08. The second-order valence-corrected chi connectivity index (χ2v) is 8.30. The van der Waals surface area contributed by atoms with Crippen molar-refractivity contribution in [2.75, 3.05) is 13.7 Å². The first kappa shape index (κ1) is 22.1. The number of hydrogen-bond donors (Lipinski definition) is 2. The predicted molar refractivity (Wildman–Crippen MR) is 116 cm³/mol. The Morgan fingerprint density at radius 3 is 2.57 bits per heavy atom. The lowest BCUT2D eigenvalue weighted by Gasteiger charge is -2.39. The van der Waals surface area contributed by atoms with Gasteiger partial charge in [-0.25, -0.2) is 9.98 Å². The fourth-order valence-corrected chi connectivity index (χ4v) is 3.90. The van der Waals surface area contributed by atoms with E-state index in [0.717, 1.165) is 31.2 Å². The highest BCUT2D eigenvalue weighted by molar-refractivity contribution is 5.99. The van der Waals surface area contributed by atoms with Crippen LogP contribution in [0.1, 0.15) is 57.7 Å². The third-order valence-corrected chi connectivity index (χ3v) is 5.70. The Morgan fingerprint density at radius 1 is 1.33 bits per heavy atom. The molecule has 0 atom stereocenters. The number of hydrogen-bond acceptors (Lipinski definition) is 7. The van der Waals surface area contributed by atoms with Crippen molar-refractivity contribution in [2.45, 2.75) is 64.2 Å². The Bertz CT molecular complexity index is 847. The molecule has 0 saturated heterocycles. The number of nitrogens with one attached hydrogen (secondary N) is 1. The van der Waals surface area contributed by atoms with Crippen molar-refractivity contribution in [2.24, 2.45) is 9.98 Å². The number of carbonyl (C=O) groups is 1. The average Bonchev–Trinajstić information content (AvgIpc) is 2.74. The minimum atomic E-state index is -1.01. The number of nitrogens with zero attached hydrogens (tertiary/aromatic N) is 4. The van der Waals surface area contributed by atoms with Crippen LogP contribution in [0.2, 0.25) is 0 Å². The molecule has 0 aromatic carbocycles. The highest BCUT2D eigenvalue weighted by atomic mass is 16.5. The average molecular weight is 414 g/mol. The van der Waals surface area contributed by atoms with Gasteiger partial charge in [-0.1, -0.05) is 0 Å². The minimum Gasteiger partial charge on any atom is -0.384 e. The maximum Gasteiger partial charge on any atom is 0.247 e. The molecule has 0 bridgehead atoms. The molecule has 30 heavy (non-hydrogen) atoms. The van der Waals surface area contributed by atoms with Gasteiger partial charge < -0.3 is 15.2 Å². The Hall–Kier alpha value is -2.58. The lowest BCUT2D eigenvalue weighted by molar-refractivity contribution is -0.132. The molecule has 1 saturated carbocycles. The van der Waals surface area contributed by atoms with E-state index in [0.29, 0.717) is 23.0 Å². The summed E-state index contributed by atoms with van der Waals surface area (Å²) in [6.07, 6.45) is 5.46. The molecule has 0 spiro atoms. The van der Waals surface area contributed by atoms with E-state index in [1.165, 1.54) is 0 Å². The molecule has 1 aromatic rings. The molecule has 2 N–H and O–H groups in total. The summed E-state index contributed by atoms with van der Waals surface area (Å²) in [6, 6.07) is 3.71. The van der Waals surface area contributed by atoms with E-state index >= 15 is 0 Å². The number of pyridine rings is 1. The van der Waals surface area contributed by atoms with Gasteiger partial charge >= 0.3 is 0 Å². The molecule has 1 aliphatic carbocycles. The summed E-state index contributed by atoms with van der Waals surface area (Å²) in [7, 11) is 1.73. The van der Waals surface area contributed by atoms with Gasteiger partial charge in [0.1, 0.15) is 5.60 Å². The maximum absolute atomic E-state index is 12.8. The molecule has 1 aliphatic heterocycles. The quantitative estimate of drug-likeness (QED) is 0.698. The van der Waals surface area contributed by atoms with E-state index in [1.54, 1.807) is 38.1 Å². The number of amides is 1. The molecule has 0 unspecified atom stereocenters. The SMILES string of the molecule is C=NC1=C(/N=C(\C)c2ccc(C(C)(C)O)nc2)N([C@H]2CC[C@H](OC)CC2)C(=O)CN1. The molecule has 2 aliphatic rings. The van der Waals surface area contributed by atoms with Gasteiger partial charge in [-0.15, -0.1) is 0 Å². The van der Waals surface area contributed by atoms with Gasteiger partial charge in [0.2, 0.25) is 5.91 Å². The second kappa shape index (κ2) is 9.06. The number of carbonyl (C=O) groups excluding carboxylic acids is 1. The van der Waals surface area contributed by atoms with Gasteiger partial charge in [-0.05, 0) is 65.3 Å². The zero-order chi connectivity index (χ0) is 21.9. The zero-order valence-electron chi connectivity index (χ0n) is 18.2. The largest absolute Gasteiger partial charge is 0.384 e. The number of methoxy groups -OCH3 is 1. The van der Waals surface area contributed by atoms with Gasteiger partial charge in [-0.2, -0.15) is 0 Å². The Kier molecular flexibility index (Phi) is 6.67. The van der Waals surface area contributed by atoms with Crippen LogP contribution >= 0.6 is 0 Å². The molecule has 1 aromatic heterocycles. The van der Waals surface area contributed by atoms with Crippen LogP contribution in [0.25, 0.3) is 0 Å². The summed E-state index contributed by atoms with van der Waals surface area (Å²) in [5, 5.41) is 13.1. The number of aliphatic hydroxyl groups is 1. The highest BCUT2D eigenvalue weighted by Crippen LogP contribution is 2.30. The molecule has 1 amide bonds. The van der Waals surface area contributed by atoms with Crippen molar-refractivity contribution in [3.05, 3.63) is 41.2 Å². The van der Waals surface area contributed by atoms with E-state index < -0.39 is 5.60 Å². The first-order chi connectivity index (χ1) is 14.2. The van der Waals surface area contributed by atoms with Crippen LogP contribution in [-0.2, 0) is 15.1 Å². The molecule has 2 heterocycles. The molecule has 3 rings (SSSR count). The van der Waals surface area contributed by atoms with Crippen LogP contribution in [0.4, 0.5) is 0 Å². The van der Waals surface area contributed by atoms with Crippen molar-refractivity contribution < 1.29 is 14.6 Å². The molecule has 0 radical (unpaired) electrons. The molecular formula is C22H31N5O3. The van der Waals surface area contributed by atoms with Gasteiger partial charge in [0.25, 0.3) is 0 Å². The van der Waals surface area contributed by atoms with Crippen molar-refractivity contribution >= 4 is 18.3 Å². The number of aliphatic imine (C=N–C) groups is 2. The Labute approximate surface area is 177 Å². The highest BCUT2D eigenvalue weighted by Gasteiger charge is 2.35. The van der Waals surface area contributed by atoms with Crippen LogP contribution in [-0.4, -0.2) is 59.1 Å². The van der Waals surface area contributed by atoms with Gasteiger partial charge in [0, 0.05) is 30.6 Å². The zero-order valence-corrected chi connectivity index (χ0v) is 18.2. The van der Waals surface area contributed by atoms with E-state index in [-0.39, 0.29) is 24.6 Å². The number of ether oxygens (including phenoxy) is 1.